The number of aliphatic imine (C=N–C) groups is 1. The van der Waals surface area contributed by atoms with Gasteiger partial charge in [-0.2, -0.15) is 0 Å². The summed E-state index contributed by atoms with van der Waals surface area (Å²) in [5, 5.41) is 8.25. The number of carboxylic acids is 1. The minimum atomic E-state index is -4.15. The van der Waals surface area contributed by atoms with Crippen LogP contribution in [-0.2, 0) is 13.9 Å². The van der Waals surface area contributed by atoms with Crippen molar-refractivity contribution in [2.45, 2.75) is 0 Å². The van der Waals surface area contributed by atoms with Crippen LogP contribution in [0.3, 0.4) is 0 Å². The van der Waals surface area contributed by atoms with Gasteiger partial charge < -0.3 is 15.7 Å². The van der Waals surface area contributed by atoms with Gasteiger partial charge in [-0.3, -0.25) is 9.52 Å². The van der Waals surface area contributed by atoms with Gasteiger partial charge in [0, 0.05) is 0 Å². The fourth-order valence-electron chi connectivity index (χ4n) is 0.920. The van der Waals surface area contributed by atoms with Crippen molar-refractivity contribution in [3.63, 3.8) is 0 Å². The average Bonchev–Trinajstić information content (AvgIpc) is 2.48. The molecule has 1 aliphatic heterocycles. The first kappa shape index (κ1) is 11.0. The molecule has 1 atom stereocenters. The third kappa shape index (κ3) is 2.44. The summed E-state index contributed by atoms with van der Waals surface area (Å²) in [6, 6.07) is 0. The van der Waals surface area contributed by atoms with Crippen molar-refractivity contribution in [1.82, 2.24) is 4.67 Å². The topological polar surface area (TPSA) is 125 Å². The number of nitrogens with zero attached hydrogens (tertiary/aromatic N) is 2. The van der Waals surface area contributed by atoms with E-state index < -0.39 is 20.3 Å². The van der Waals surface area contributed by atoms with E-state index in [0.717, 1.165) is 4.67 Å². The lowest BCUT2D eigenvalue weighted by Crippen LogP contribution is -2.32. The Morgan fingerprint density at radius 1 is 1.79 bits per heavy atom. The van der Waals surface area contributed by atoms with E-state index in [0.29, 0.717) is 6.54 Å². The van der Waals surface area contributed by atoms with Crippen molar-refractivity contribution < 1.29 is 23.9 Å². The second kappa shape index (κ2) is 3.95. The van der Waals surface area contributed by atoms with E-state index in [1.807, 2.05) is 0 Å². The summed E-state index contributed by atoms with van der Waals surface area (Å²) < 4.78 is 16.5. The van der Waals surface area contributed by atoms with E-state index >= 15 is 0 Å². The molecule has 0 spiro atoms. The zero-order chi connectivity index (χ0) is 10.8. The van der Waals surface area contributed by atoms with Gasteiger partial charge in [0.25, 0.3) is 0 Å². The second-order valence-corrected chi connectivity index (χ2v) is 4.24. The lowest BCUT2D eigenvalue weighted by atomic mass is 10.7. The number of hydrogen-bond donors (Lipinski definition) is 3. The standard InChI is InChI=1S/C5H10N3O5P/c6-5-7-1-2-8(5)14(11,12)13-3-4(9)10/h1-3H2,(H2,6,7)(H,9,10)(H,11,12). The van der Waals surface area contributed by atoms with Gasteiger partial charge in [-0.15, -0.1) is 0 Å². The van der Waals surface area contributed by atoms with E-state index in [1.165, 1.54) is 0 Å². The molecule has 0 aromatic carbocycles. The van der Waals surface area contributed by atoms with Crippen LogP contribution in [0.5, 0.6) is 0 Å². The Kier molecular flexibility index (Phi) is 3.10. The average molecular weight is 223 g/mol. The Labute approximate surface area is 79.6 Å². The van der Waals surface area contributed by atoms with E-state index in [2.05, 4.69) is 9.52 Å². The van der Waals surface area contributed by atoms with Gasteiger partial charge in [0.15, 0.2) is 12.6 Å². The molecule has 0 amide bonds. The highest BCUT2D eigenvalue weighted by atomic mass is 31.2. The van der Waals surface area contributed by atoms with Crippen LogP contribution in [0.4, 0.5) is 0 Å². The highest BCUT2D eigenvalue weighted by Gasteiger charge is 2.34. The molecule has 1 aliphatic rings. The molecule has 14 heavy (non-hydrogen) atoms. The van der Waals surface area contributed by atoms with Gasteiger partial charge in [-0.25, -0.2) is 14.0 Å². The molecular weight excluding hydrogens is 213 g/mol. The maximum Gasteiger partial charge on any atom is 0.435 e. The number of nitrogens with two attached hydrogens (primary N) is 1. The summed E-state index contributed by atoms with van der Waals surface area (Å²) in [6.45, 7) is -0.399. The zero-order valence-corrected chi connectivity index (χ0v) is 8.05. The van der Waals surface area contributed by atoms with E-state index in [-0.39, 0.29) is 12.5 Å². The Bertz CT molecular complexity index is 316. The molecule has 0 radical (unpaired) electrons. The molecule has 8 nitrogen and oxygen atoms in total. The van der Waals surface area contributed by atoms with E-state index in [1.54, 1.807) is 0 Å². The molecule has 0 fully saturated rings. The molecule has 0 bridgehead atoms. The van der Waals surface area contributed by atoms with Crippen molar-refractivity contribution in [2.75, 3.05) is 19.7 Å². The summed E-state index contributed by atoms with van der Waals surface area (Å²) in [7, 11) is -4.15. The lowest BCUT2D eigenvalue weighted by molar-refractivity contribution is -0.139. The summed E-state index contributed by atoms with van der Waals surface area (Å²) >= 11 is 0. The Hall–Kier alpha value is -1.11. The number of aliphatic carboxylic acids is 1. The van der Waals surface area contributed by atoms with Crippen molar-refractivity contribution in [3.05, 3.63) is 0 Å². The van der Waals surface area contributed by atoms with Gasteiger partial charge in [0.2, 0.25) is 0 Å². The SMILES string of the molecule is NC1=NCCN1P(=O)(O)OCC(=O)O. The van der Waals surface area contributed by atoms with Crippen LogP contribution in [0, 0.1) is 0 Å². The molecule has 0 aliphatic carbocycles. The highest BCUT2D eigenvalue weighted by molar-refractivity contribution is 7.51. The molecule has 9 heteroatoms. The van der Waals surface area contributed by atoms with Gasteiger partial charge in [0.05, 0.1) is 13.1 Å². The van der Waals surface area contributed by atoms with Gasteiger partial charge in [-0.05, 0) is 0 Å². The third-order valence-electron chi connectivity index (χ3n) is 1.51. The molecule has 1 heterocycles. The first-order valence-electron chi connectivity index (χ1n) is 3.70. The smallest absolute Gasteiger partial charge is 0.435 e. The monoisotopic (exact) mass is 223 g/mol. The third-order valence-corrected chi connectivity index (χ3v) is 2.99. The largest absolute Gasteiger partial charge is 0.480 e. The number of carbonyl (C=O) groups is 1. The molecule has 0 saturated carbocycles. The number of rotatable bonds is 4. The van der Waals surface area contributed by atoms with E-state index in [4.69, 9.17) is 10.8 Å². The summed E-state index contributed by atoms with van der Waals surface area (Å²) in [5.41, 5.74) is 5.29. The predicted octanol–water partition coefficient (Wildman–Crippen LogP) is -1.18. The normalized spacial score (nSPS) is 20.4. The zero-order valence-electron chi connectivity index (χ0n) is 7.16. The molecule has 1 rings (SSSR count). The Morgan fingerprint density at radius 2 is 2.43 bits per heavy atom. The second-order valence-electron chi connectivity index (χ2n) is 2.52. The quantitative estimate of drug-likeness (QED) is 0.512. The Morgan fingerprint density at radius 3 is 2.86 bits per heavy atom. The molecule has 4 N–H and O–H groups in total. The maximum atomic E-state index is 11.4. The minimum Gasteiger partial charge on any atom is -0.480 e. The van der Waals surface area contributed by atoms with Gasteiger partial charge in [0.1, 0.15) is 0 Å². The number of guanidine groups is 1. The number of carboxylic acid groups (broad SMARTS) is 1. The molecule has 0 saturated heterocycles. The van der Waals surface area contributed by atoms with E-state index in [9.17, 15) is 14.3 Å². The first-order chi connectivity index (χ1) is 6.43. The minimum absolute atomic E-state index is 0.110. The van der Waals surface area contributed by atoms with Crippen molar-refractivity contribution >= 4 is 19.7 Å². The van der Waals surface area contributed by atoms with Crippen molar-refractivity contribution in [1.29, 1.82) is 0 Å². The molecule has 0 aromatic heterocycles. The number of hydrogen-bond acceptors (Lipinski definition) is 5. The predicted molar refractivity (Wildman–Crippen MR) is 46.6 cm³/mol. The fourth-order valence-corrected chi connectivity index (χ4v) is 2.00. The summed E-state index contributed by atoms with van der Waals surface area (Å²) in [4.78, 5) is 23.0. The van der Waals surface area contributed by atoms with Crippen LogP contribution < -0.4 is 5.73 Å². The summed E-state index contributed by atoms with van der Waals surface area (Å²) in [6.07, 6.45) is 0. The van der Waals surface area contributed by atoms with Crippen LogP contribution >= 0.6 is 7.75 Å². The lowest BCUT2D eigenvalue weighted by Gasteiger charge is -2.21. The van der Waals surface area contributed by atoms with Crippen LogP contribution in [0.2, 0.25) is 0 Å². The molecule has 0 aromatic rings. The summed E-state index contributed by atoms with van der Waals surface area (Å²) in [5.74, 6) is -1.43. The van der Waals surface area contributed by atoms with Gasteiger partial charge in [-0.1, -0.05) is 0 Å². The fraction of sp³-hybridized carbons (Fsp3) is 0.600. The molecular formula is C5H10N3O5P. The van der Waals surface area contributed by atoms with Gasteiger partial charge >= 0.3 is 13.7 Å². The van der Waals surface area contributed by atoms with Crippen molar-refractivity contribution in [3.8, 4) is 0 Å². The van der Waals surface area contributed by atoms with Crippen LogP contribution in [0.1, 0.15) is 0 Å². The maximum absolute atomic E-state index is 11.4. The van der Waals surface area contributed by atoms with Crippen LogP contribution in [-0.4, -0.2) is 46.3 Å². The molecule has 80 valence electrons. The van der Waals surface area contributed by atoms with Crippen LogP contribution in [0.25, 0.3) is 0 Å². The Balaban J connectivity index is 2.61. The first-order valence-corrected chi connectivity index (χ1v) is 5.23. The highest BCUT2D eigenvalue weighted by Crippen LogP contribution is 2.46. The van der Waals surface area contributed by atoms with Crippen molar-refractivity contribution in [2.24, 2.45) is 10.7 Å². The van der Waals surface area contributed by atoms with Crippen LogP contribution in [0.15, 0.2) is 4.99 Å². The molecule has 1 unspecified atom stereocenters.